The van der Waals surface area contributed by atoms with Gasteiger partial charge in [-0.2, -0.15) is 0 Å². The lowest BCUT2D eigenvalue weighted by Crippen LogP contribution is -2.35. The molecule has 2 nitrogen and oxygen atoms in total. The second kappa shape index (κ2) is 6.19. The van der Waals surface area contributed by atoms with Gasteiger partial charge in [0.15, 0.2) is 0 Å². The molecule has 104 valence electrons. The fourth-order valence-corrected chi connectivity index (χ4v) is 3.19. The molecule has 1 atom stereocenters. The van der Waals surface area contributed by atoms with E-state index in [2.05, 4.69) is 47.4 Å². The van der Waals surface area contributed by atoms with Gasteiger partial charge in [0.25, 0.3) is 0 Å². The van der Waals surface area contributed by atoms with Crippen LogP contribution in [0.15, 0.2) is 42.5 Å². The largest absolute Gasteiger partial charge is 0.302 e. The molecule has 0 radical (unpaired) electrons. The third-order valence-corrected chi connectivity index (χ3v) is 4.32. The zero-order valence-electron chi connectivity index (χ0n) is 11.8. The highest BCUT2D eigenvalue weighted by Crippen LogP contribution is 2.23. The predicted molar refractivity (Wildman–Crippen MR) is 82.7 cm³/mol. The maximum absolute atomic E-state index is 11.3. The SMILES string of the molecule is O=CC1CCCCCN1Cc1cccc2ccccc12. The summed E-state index contributed by atoms with van der Waals surface area (Å²) in [5.41, 5.74) is 1.33. The van der Waals surface area contributed by atoms with Gasteiger partial charge in [-0.1, -0.05) is 55.3 Å². The first-order chi connectivity index (χ1) is 9.88. The summed E-state index contributed by atoms with van der Waals surface area (Å²) in [6.45, 7) is 1.91. The minimum Gasteiger partial charge on any atom is -0.302 e. The van der Waals surface area contributed by atoms with Gasteiger partial charge in [0.05, 0.1) is 6.04 Å². The Morgan fingerprint density at radius 2 is 1.90 bits per heavy atom. The van der Waals surface area contributed by atoms with E-state index in [0.717, 1.165) is 25.8 Å². The Labute approximate surface area is 120 Å². The van der Waals surface area contributed by atoms with Crippen LogP contribution in [0.1, 0.15) is 31.2 Å². The second-order valence-corrected chi connectivity index (χ2v) is 5.66. The number of carbonyl (C=O) groups is 1. The van der Waals surface area contributed by atoms with Crippen LogP contribution in [0.2, 0.25) is 0 Å². The van der Waals surface area contributed by atoms with Crippen molar-refractivity contribution in [3.8, 4) is 0 Å². The number of rotatable bonds is 3. The molecule has 0 bridgehead atoms. The Bertz CT molecular complexity index is 587. The first-order valence-corrected chi connectivity index (χ1v) is 7.54. The molecule has 2 aromatic rings. The predicted octanol–water partition coefficient (Wildman–Crippen LogP) is 3.78. The summed E-state index contributed by atoms with van der Waals surface area (Å²) >= 11 is 0. The van der Waals surface area contributed by atoms with E-state index >= 15 is 0 Å². The van der Waals surface area contributed by atoms with Crippen molar-refractivity contribution in [2.45, 2.75) is 38.3 Å². The van der Waals surface area contributed by atoms with E-state index in [-0.39, 0.29) is 6.04 Å². The third kappa shape index (κ3) is 2.75. The zero-order chi connectivity index (χ0) is 13.8. The lowest BCUT2D eigenvalue weighted by Gasteiger charge is -2.26. The van der Waals surface area contributed by atoms with Crippen LogP contribution in [0.4, 0.5) is 0 Å². The van der Waals surface area contributed by atoms with E-state index in [9.17, 15) is 4.79 Å². The number of benzene rings is 2. The van der Waals surface area contributed by atoms with Gasteiger partial charge in [0.2, 0.25) is 0 Å². The quantitative estimate of drug-likeness (QED) is 0.789. The van der Waals surface area contributed by atoms with Crippen molar-refractivity contribution in [3.63, 3.8) is 0 Å². The summed E-state index contributed by atoms with van der Waals surface area (Å²) in [7, 11) is 0. The Balaban J connectivity index is 1.89. The van der Waals surface area contributed by atoms with Gasteiger partial charge in [-0.3, -0.25) is 4.90 Å². The number of hydrogen-bond donors (Lipinski definition) is 0. The molecule has 20 heavy (non-hydrogen) atoms. The van der Waals surface area contributed by atoms with Crippen LogP contribution >= 0.6 is 0 Å². The molecule has 1 saturated heterocycles. The fourth-order valence-electron chi connectivity index (χ4n) is 3.19. The maximum Gasteiger partial charge on any atom is 0.137 e. The van der Waals surface area contributed by atoms with Gasteiger partial charge >= 0.3 is 0 Å². The second-order valence-electron chi connectivity index (χ2n) is 5.66. The Morgan fingerprint density at radius 3 is 2.80 bits per heavy atom. The van der Waals surface area contributed by atoms with Gasteiger partial charge in [0.1, 0.15) is 6.29 Å². The molecular weight excluding hydrogens is 246 g/mol. The lowest BCUT2D eigenvalue weighted by atomic mass is 10.0. The molecule has 0 aliphatic carbocycles. The Hall–Kier alpha value is -1.67. The van der Waals surface area contributed by atoms with Crippen molar-refractivity contribution >= 4 is 17.1 Å². The van der Waals surface area contributed by atoms with Crippen LogP contribution in [0.3, 0.4) is 0 Å². The first-order valence-electron chi connectivity index (χ1n) is 7.54. The number of fused-ring (bicyclic) bond motifs is 1. The van der Waals surface area contributed by atoms with E-state index < -0.39 is 0 Å². The van der Waals surface area contributed by atoms with Crippen LogP contribution < -0.4 is 0 Å². The third-order valence-electron chi connectivity index (χ3n) is 4.32. The standard InChI is InChI=1S/C18H21NO/c20-14-17-10-2-1-5-12-19(17)13-16-9-6-8-15-7-3-4-11-18(15)16/h3-4,6-9,11,14,17H,1-2,5,10,12-13H2. The van der Waals surface area contributed by atoms with Crippen molar-refractivity contribution in [1.82, 2.24) is 4.90 Å². The molecule has 3 rings (SSSR count). The summed E-state index contributed by atoms with van der Waals surface area (Å²) in [6, 6.07) is 15.0. The van der Waals surface area contributed by atoms with Crippen molar-refractivity contribution in [3.05, 3.63) is 48.0 Å². The average Bonchev–Trinajstić information content (AvgIpc) is 2.72. The van der Waals surface area contributed by atoms with Gasteiger partial charge in [-0.15, -0.1) is 0 Å². The topological polar surface area (TPSA) is 20.3 Å². The summed E-state index contributed by atoms with van der Waals surface area (Å²) in [5.74, 6) is 0. The molecule has 1 aliphatic heterocycles. The van der Waals surface area contributed by atoms with E-state index in [1.165, 1.54) is 35.6 Å². The van der Waals surface area contributed by atoms with Gasteiger partial charge in [-0.05, 0) is 35.7 Å². The van der Waals surface area contributed by atoms with Gasteiger partial charge in [0, 0.05) is 6.54 Å². The lowest BCUT2D eigenvalue weighted by molar-refractivity contribution is -0.112. The Kier molecular flexibility index (Phi) is 4.12. The number of hydrogen-bond acceptors (Lipinski definition) is 2. The molecule has 0 N–H and O–H groups in total. The maximum atomic E-state index is 11.3. The van der Waals surface area contributed by atoms with Crippen LogP contribution in [-0.4, -0.2) is 23.8 Å². The summed E-state index contributed by atoms with van der Waals surface area (Å²) in [5, 5.41) is 2.59. The minimum absolute atomic E-state index is 0.0940. The highest BCUT2D eigenvalue weighted by Gasteiger charge is 2.20. The summed E-state index contributed by atoms with van der Waals surface area (Å²) in [4.78, 5) is 13.7. The van der Waals surface area contributed by atoms with Crippen molar-refractivity contribution < 1.29 is 4.79 Å². The van der Waals surface area contributed by atoms with Crippen LogP contribution in [0, 0.1) is 0 Å². The normalized spacial score (nSPS) is 20.7. The van der Waals surface area contributed by atoms with E-state index in [4.69, 9.17) is 0 Å². The molecular formula is C18H21NO. The summed E-state index contributed by atoms with van der Waals surface area (Å²) < 4.78 is 0. The molecule has 0 spiro atoms. The fraction of sp³-hybridized carbons (Fsp3) is 0.389. The molecule has 0 aromatic heterocycles. The first kappa shape index (κ1) is 13.3. The van der Waals surface area contributed by atoms with Gasteiger partial charge < -0.3 is 4.79 Å². The van der Waals surface area contributed by atoms with Crippen molar-refractivity contribution in [2.75, 3.05) is 6.54 Å². The summed E-state index contributed by atoms with van der Waals surface area (Å²) in [6.07, 6.45) is 5.77. The monoisotopic (exact) mass is 267 g/mol. The van der Waals surface area contributed by atoms with Crippen LogP contribution in [0.25, 0.3) is 10.8 Å². The molecule has 1 fully saturated rings. The minimum atomic E-state index is 0.0940. The Morgan fingerprint density at radius 1 is 1.05 bits per heavy atom. The molecule has 2 aromatic carbocycles. The van der Waals surface area contributed by atoms with Gasteiger partial charge in [-0.25, -0.2) is 0 Å². The average molecular weight is 267 g/mol. The van der Waals surface area contributed by atoms with Crippen molar-refractivity contribution in [2.24, 2.45) is 0 Å². The molecule has 1 heterocycles. The molecule has 1 unspecified atom stereocenters. The van der Waals surface area contributed by atoms with E-state index in [1.807, 2.05) is 0 Å². The van der Waals surface area contributed by atoms with E-state index in [1.54, 1.807) is 0 Å². The highest BCUT2D eigenvalue weighted by atomic mass is 16.1. The van der Waals surface area contributed by atoms with Crippen LogP contribution in [0.5, 0.6) is 0 Å². The number of nitrogens with zero attached hydrogens (tertiary/aromatic N) is 1. The zero-order valence-corrected chi connectivity index (χ0v) is 11.8. The highest BCUT2D eigenvalue weighted by molar-refractivity contribution is 5.85. The molecule has 2 heteroatoms. The van der Waals surface area contributed by atoms with Crippen molar-refractivity contribution in [1.29, 1.82) is 0 Å². The molecule has 1 aliphatic rings. The molecule has 0 saturated carbocycles. The van der Waals surface area contributed by atoms with Crippen LogP contribution in [-0.2, 0) is 11.3 Å². The van der Waals surface area contributed by atoms with E-state index in [0.29, 0.717) is 0 Å². The number of carbonyl (C=O) groups excluding carboxylic acids is 1. The smallest absolute Gasteiger partial charge is 0.137 e. The molecule has 0 amide bonds. The number of likely N-dealkylation sites (tertiary alicyclic amines) is 1. The number of aldehydes is 1.